The largest absolute Gasteiger partial charge is 0.455 e. The molecule has 1 aromatic heterocycles. The van der Waals surface area contributed by atoms with Crippen molar-refractivity contribution in [3.05, 3.63) is 70.8 Å². The summed E-state index contributed by atoms with van der Waals surface area (Å²) in [5, 5.41) is 4.38. The van der Waals surface area contributed by atoms with Crippen LogP contribution in [0, 0.1) is 5.82 Å². The van der Waals surface area contributed by atoms with Crippen LogP contribution >= 0.6 is 11.6 Å². The van der Waals surface area contributed by atoms with Gasteiger partial charge in [-0.2, -0.15) is 4.98 Å². The summed E-state index contributed by atoms with van der Waals surface area (Å²) in [7, 11) is 0. The van der Waals surface area contributed by atoms with Crippen LogP contribution in [0.1, 0.15) is 11.5 Å². The number of hydrogen-bond acceptors (Lipinski definition) is 5. The second-order valence-electron chi connectivity index (χ2n) is 4.98. The fraction of sp³-hybridized carbons (Fsp3) is 0.118. The molecule has 0 atom stereocenters. The fourth-order valence-corrected chi connectivity index (χ4v) is 2.12. The Bertz CT molecular complexity index is 832. The summed E-state index contributed by atoms with van der Waals surface area (Å²) >= 11 is 5.79. The van der Waals surface area contributed by atoms with Crippen LogP contribution in [-0.4, -0.2) is 16.1 Å². The van der Waals surface area contributed by atoms with Crippen LogP contribution in [0.5, 0.6) is 0 Å². The number of benzene rings is 2. The maximum Gasteiger partial charge on any atom is 0.310 e. The normalized spacial score (nSPS) is 10.6. The molecule has 0 amide bonds. The van der Waals surface area contributed by atoms with Crippen molar-refractivity contribution >= 4 is 17.6 Å². The van der Waals surface area contributed by atoms with Crippen LogP contribution < -0.4 is 0 Å². The molecule has 24 heavy (non-hydrogen) atoms. The van der Waals surface area contributed by atoms with Gasteiger partial charge < -0.3 is 9.26 Å². The van der Waals surface area contributed by atoms with E-state index in [-0.39, 0.29) is 24.7 Å². The molecule has 0 unspecified atom stereocenters. The van der Waals surface area contributed by atoms with Crippen LogP contribution in [0.2, 0.25) is 5.02 Å². The minimum absolute atomic E-state index is 0.121. The van der Waals surface area contributed by atoms with Crippen LogP contribution in [0.4, 0.5) is 4.39 Å². The number of ether oxygens (including phenoxy) is 1. The molecule has 3 rings (SSSR count). The summed E-state index contributed by atoms with van der Waals surface area (Å²) < 4.78 is 23.0. The average molecular weight is 347 g/mol. The van der Waals surface area contributed by atoms with Gasteiger partial charge in [-0.25, -0.2) is 4.39 Å². The van der Waals surface area contributed by atoms with Crippen LogP contribution in [-0.2, 0) is 22.6 Å². The van der Waals surface area contributed by atoms with Crippen LogP contribution in [0.25, 0.3) is 11.4 Å². The number of halogens is 2. The van der Waals surface area contributed by atoms with E-state index in [4.69, 9.17) is 20.9 Å². The Balaban J connectivity index is 1.56. The third kappa shape index (κ3) is 4.17. The van der Waals surface area contributed by atoms with Crippen molar-refractivity contribution in [1.82, 2.24) is 10.1 Å². The SMILES string of the molecule is O=C(Cc1ccc(Cl)cc1)OCc1nc(-c2ccc(F)cc2)no1. The number of carbonyl (C=O) groups is 1. The molecule has 7 heteroatoms. The van der Waals surface area contributed by atoms with Crippen LogP contribution in [0.3, 0.4) is 0 Å². The molecule has 0 saturated heterocycles. The highest BCUT2D eigenvalue weighted by Gasteiger charge is 2.11. The summed E-state index contributed by atoms with van der Waals surface area (Å²) in [4.78, 5) is 15.9. The lowest BCUT2D eigenvalue weighted by molar-refractivity contribution is -0.144. The van der Waals surface area contributed by atoms with Gasteiger partial charge in [0.25, 0.3) is 5.89 Å². The minimum atomic E-state index is -0.418. The maximum atomic E-state index is 12.9. The summed E-state index contributed by atoms with van der Waals surface area (Å²) in [6.07, 6.45) is 0.121. The predicted octanol–water partition coefficient (Wildman–Crippen LogP) is 3.82. The quantitative estimate of drug-likeness (QED) is 0.657. The van der Waals surface area contributed by atoms with Crippen molar-refractivity contribution in [2.24, 2.45) is 0 Å². The van der Waals surface area contributed by atoms with Crippen molar-refractivity contribution in [2.75, 3.05) is 0 Å². The zero-order chi connectivity index (χ0) is 16.9. The molecule has 1 heterocycles. The Hall–Kier alpha value is -2.73. The van der Waals surface area contributed by atoms with Gasteiger partial charge in [0.1, 0.15) is 5.82 Å². The van der Waals surface area contributed by atoms with Gasteiger partial charge in [0.05, 0.1) is 6.42 Å². The van der Waals surface area contributed by atoms with Crippen molar-refractivity contribution in [2.45, 2.75) is 13.0 Å². The van der Waals surface area contributed by atoms with E-state index in [2.05, 4.69) is 10.1 Å². The van der Waals surface area contributed by atoms with Gasteiger partial charge in [-0.05, 0) is 42.0 Å². The van der Waals surface area contributed by atoms with Gasteiger partial charge in [-0.1, -0.05) is 28.9 Å². The molecule has 122 valence electrons. The molecule has 5 nitrogen and oxygen atoms in total. The molecular weight excluding hydrogens is 335 g/mol. The van der Waals surface area contributed by atoms with E-state index in [9.17, 15) is 9.18 Å². The Morgan fingerprint density at radius 1 is 1.12 bits per heavy atom. The lowest BCUT2D eigenvalue weighted by Crippen LogP contribution is -2.08. The van der Waals surface area contributed by atoms with Gasteiger partial charge in [-0.15, -0.1) is 0 Å². The number of nitrogens with zero attached hydrogens (tertiary/aromatic N) is 2. The number of hydrogen-bond donors (Lipinski definition) is 0. The molecule has 0 aliphatic rings. The predicted molar refractivity (Wildman–Crippen MR) is 84.6 cm³/mol. The number of rotatable bonds is 5. The number of aromatic nitrogens is 2. The maximum absolute atomic E-state index is 12.9. The molecular formula is C17H12ClFN2O3. The average Bonchev–Trinajstić information content (AvgIpc) is 3.05. The molecule has 0 aliphatic carbocycles. The van der Waals surface area contributed by atoms with Gasteiger partial charge in [0.2, 0.25) is 5.82 Å². The number of carbonyl (C=O) groups excluding carboxylic acids is 1. The van der Waals surface area contributed by atoms with E-state index in [0.29, 0.717) is 16.4 Å². The Kier molecular flexibility index (Phi) is 4.86. The monoisotopic (exact) mass is 346 g/mol. The van der Waals surface area contributed by atoms with Crippen molar-refractivity contribution in [3.63, 3.8) is 0 Å². The molecule has 3 aromatic rings. The fourth-order valence-electron chi connectivity index (χ4n) is 1.99. The first-order chi connectivity index (χ1) is 11.6. The highest BCUT2D eigenvalue weighted by molar-refractivity contribution is 6.30. The smallest absolute Gasteiger partial charge is 0.310 e. The molecule has 0 saturated carbocycles. The Morgan fingerprint density at radius 2 is 1.83 bits per heavy atom. The van der Waals surface area contributed by atoms with E-state index < -0.39 is 5.97 Å². The lowest BCUT2D eigenvalue weighted by atomic mass is 10.2. The van der Waals surface area contributed by atoms with Crippen molar-refractivity contribution < 1.29 is 18.4 Å². The van der Waals surface area contributed by atoms with E-state index in [1.165, 1.54) is 24.3 Å². The van der Waals surface area contributed by atoms with E-state index in [0.717, 1.165) is 5.56 Å². The minimum Gasteiger partial charge on any atom is -0.455 e. The van der Waals surface area contributed by atoms with Gasteiger partial charge >= 0.3 is 5.97 Å². The first-order valence-corrected chi connectivity index (χ1v) is 7.46. The topological polar surface area (TPSA) is 65.2 Å². The number of esters is 1. The first kappa shape index (κ1) is 16.1. The molecule has 0 radical (unpaired) electrons. The summed E-state index contributed by atoms with van der Waals surface area (Å²) in [6.45, 7) is -0.124. The van der Waals surface area contributed by atoms with E-state index >= 15 is 0 Å². The lowest BCUT2D eigenvalue weighted by Gasteiger charge is -2.02. The van der Waals surface area contributed by atoms with Gasteiger partial charge in [-0.3, -0.25) is 4.79 Å². The second kappa shape index (κ2) is 7.23. The third-order valence-electron chi connectivity index (χ3n) is 3.19. The molecule has 0 N–H and O–H groups in total. The molecule has 0 spiro atoms. The highest BCUT2D eigenvalue weighted by atomic mass is 35.5. The Labute approximate surface area is 142 Å². The summed E-state index contributed by atoms with van der Waals surface area (Å²) in [5.74, 6) is -0.296. The van der Waals surface area contributed by atoms with Gasteiger partial charge in [0.15, 0.2) is 6.61 Å². The zero-order valence-corrected chi connectivity index (χ0v) is 13.2. The van der Waals surface area contributed by atoms with Gasteiger partial charge in [0, 0.05) is 10.6 Å². The standard InChI is InChI=1S/C17H12ClFN2O3/c18-13-5-1-11(2-6-13)9-16(22)23-10-15-20-17(21-24-15)12-3-7-14(19)8-4-12/h1-8H,9-10H2. The van der Waals surface area contributed by atoms with Crippen molar-refractivity contribution in [3.8, 4) is 11.4 Å². The third-order valence-corrected chi connectivity index (χ3v) is 3.44. The molecule has 0 aliphatic heterocycles. The molecule has 0 fully saturated rings. The second-order valence-corrected chi connectivity index (χ2v) is 5.42. The summed E-state index contributed by atoms with van der Waals surface area (Å²) in [6, 6.07) is 12.6. The van der Waals surface area contributed by atoms with Crippen LogP contribution in [0.15, 0.2) is 53.1 Å². The van der Waals surface area contributed by atoms with E-state index in [1.54, 1.807) is 24.3 Å². The highest BCUT2D eigenvalue weighted by Crippen LogP contribution is 2.16. The summed E-state index contributed by atoms with van der Waals surface area (Å²) in [5.41, 5.74) is 1.40. The first-order valence-electron chi connectivity index (χ1n) is 7.09. The molecule has 0 bridgehead atoms. The molecule has 2 aromatic carbocycles. The van der Waals surface area contributed by atoms with E-state index in [1.807, 2.05) is 0 Å². The van der Waals surface area contributed by atoms with Crippen molar-refractivity contribution in [1.29, 1.82) is 0 Å². The zero-order valence-electron chi connectivity index (χ0n) is 12.4. The Morgan fingerprint density at radius 3 is 2.54 bits per heavy atom.